The predicted molar refractivity (Wildman–Crippen MR) is 147 cm³/mol. The molecule has 1 N–H and O–H groups in total. The van der Waals surface area contributed by atoms with E-state index in [2.05, 4.69) is 10.5 Å². The van der Waals surface area contributed by atoms with Crippen LogP contribution in [0.1, 0.15) is 11.1 Å². The molecule has 0 radical (unpaired) electrons. The van der Waals surface area contributed by atoms with Gasteiger partial charge in [0, 0.05) is 6.08 Å². The maximum Gasteiger partial charge on any atom is 0.336 e. The first-order valence-corrected chi connectivity index (χ1v) is 11.8. The zero-order valence-electron chi connectivity index (χ0n) is 20.7. The highest BCUT2D eigenvalue weighted by atomic mass is 16.6. The lowest BCUT2D eigenvalue weighted by atomic mass is 10.1. The van der Waals surface area contributed by atoms with Crippen LogP contribution in [0.25, 0.3) is 17.2 Å². The third-order valence-electron chi connectivity index (χ3n) is 5.34. The standard InChI is InChI=1S/C31H26N2O5/c1-36-29-20-24(12-18-28(29)38-31(35)19-13-23-8-4-2-5-9-23)21-32-33-30(34)22-37-27-16-14-26(15-17-27)25-10-6-3-7-11-25/h2-21H,22H2,1H3,(H,33,34)/b19-13+,32-21-. The smallest absolute Gasteiger partial charge is 0.336 e. The van der Waals surface area contributed by atoms with Gasteiger partial charge in [-0.3, -0.25) is 4.79 Å². The van der Waals surface area contributed by atoms with Gasteiger partial charge in [0.15, 0.2) is 18.1 Å². The van der Waals surface area contributed by atoms with E-state index in [4.69, 9.17) is 14.2 Å². The van der Waals surface area contributed by atoms with Gasteiger partial charge < -0.3 is 14.2 Å². The van der Waals surface area contributed by atoms with Gasteiger partial charge in [-0.15, -0.1) is 0 Å². The van der Waals surface area contributed by atoms with Crippen molar-refractivity contribution in [3.63, 3.8) is 0 Å². The Labute approximate surface area is 221 Å². The van der Waals surface area contributed by atoms with Crippen molar-refractivity contribution in [3.05, 3.63) is 120 Å². The average molecular weight is 507 g/mol. The first kappa shape index (κ1) is 25.9. The predicted octanol–water partition coefficient (Wildman–Crippen LogP) is 5.51. The second kappa shape index (κ2) is 13.2. The Kier molecular flexibility index (Phi) is 9.02. The minimum Gasteiger partial charge on any atom is -0.493 e. The number of esters is 1. The summed E-state index contributed by atoms with van der Waals surface area (Å²) in [6.45, 7) is -0.184. The van der Waals surface area contributed by atoms with E-state index in [0.29, 0.717) is 17.1 Å². The number of rotatable bonds is 10. The van der Waals surface area contributed by atoms with E-state index in [9.17, 15) is 9.59 Å². The van der Waals surface area contributed by atoms with Gasteiger partial charge in [-0.05, 0) is 58.7 Å². The first-order chi connectivity index (χ1) is 18.6. The second-order valence-electron chi connectivity index (χ2n) is 8.05. The van der Waals surface area contributed by atoms with Crippen LogP contribution in [0.15, 0.2) is 114 Å². The van der Waals surface area contributed by atoms with Crippen molar-refractivity contribution in [2.75, 3.05) is 13.7 Å². The minimum absolute atomic E-state index is 0.184. The van der Waals surface area contributed by atoms with E-state index in [1.165, 1.54) is 19.4 Å². The molecule has 0 heterocycles. The van der Waals surface area contributed by atoms with Crippen molar-refractivity contribution in [1.29, 1.82) is 0 Å². The van der Waals surface area contributed by atoms with Gasteiger partial charge in [-0.25, -0.2) is 10.2 Å². The van der Waals surface area contributed by atoms with Gasteiger partial charge >= 0.3 is 5.97 Å². The minimum atomic E-state index is -0.532. The summed E-state index contributed by atoms with van der Waals surface area (Å²) in [7, 11) is 1.47. The van der Waals surface area contributed by atoms with Gasteiger partial charge in [0.05, 0.1) is 13.3 Å². The highest BCUT2D eigenvalue weighted by Crippen LogP contribution is 2.28. The van der Waals surface area contributed by atoms with Crippen LogP contribution in [0.4, 0.5) is 0 Å². The summed E-state index contributed by atoms with van der Waals surface area (Å²) < 4.78 is 16.3. The summed E-state index contributed by atoms with van der Waals surface area (Å²) in [5.41, 5.74) is 6.12. The number of amides is 1. The Hall–Kier alpha value is -5.17. The van der Waals surface area contributed by atoms with Gasteiger partial charge in [-0.1, -0.05) is 72.8 Å². The van der Waals surface area contributed by atoms with Crippen LogP contribution in [-0.2, 0) is 9.59 Å². The normalized spacial score (nSPS) is 10.9. The highest BCUT2D eigenvalue weighted by Gasteiger charge is 2.09. The molecule has 4 aromatic carbocycles. The molecule has 0 spiro atoms. The number of carbonyl (C=O) groups excluding carboxylic acids is 2. The SMILES string of the molecule is COc1cc(/C=N\NC(=O)COc2ccc(-c3ccccc3)cc2)ccc1OC(=O)/C=C/c1ccccc1. The van der Waals surface area contributed by atoms with E-state index in [0.717, 1.165) is 16.7 Å². The number of carbonyl (C=O) groups is 2. The fraction of sp³-hybridized carbons (Fsp3) is 0.0645. The lowest BCUT2D eigenvalue weighted by Gasteiger charge is -2.08. The van der Waals surface area contributed by atoms with Crippen LogP contribution in [0, 0.1) is 0 Å². The Morgan fingerprint density at radius 1 is 0.789 bits per heavy atom. The Bertz CT molecular complexity index is 1420. The fourth-order valence-corrected chi connectivity index (χ4v) is 3.45. The molecule has 0 aliphatic heterocycles. The number of benzene rings is 4. The monoisotopic (exact) mass is 506 g/mol. The van der Waals surface area contributed by atoms with Crippen LogP contribution in [0.5, 0.6) is 17.2 Å². The molecule has 0 aliphatic rings. The molecule has 7 heteroatoms. The molecule has 1 amide bonds. The summed E-state index contributed by atoms with van der Waals surface area (Å²) in [5.74, 6) is 0.260. The molecule has 0 aromatic heterocycles. The van der Waals surface area contributed by atoms with Crippen molar-refractivity contribution in [1.82, 2.24) is 5.43 Å². The van der Waals surface area contributed by atoms with Gasteiger partial charge in [-0.2, -0.15) is 5.10 Å². The summed E-state index contributed by atoms with van der Waals surface area (Å²) in [5, 5.41) is 3.96. The molecular weight excluding hydrogens is 480 g/mol. The van der Waals surface area contributed by atoms with Crippen LogP contribution >= 0.6 is 0 Å². The van der Waals surface area contributed by atoms with E-state index < -0.39 is 11.9 Å². The third-order valence-corrected chi connectivity index (χ3v) is 5.34. The molecule has 4 rings (SSSR count). The van der Waals surface area contributed by atoms with E-state index in [-0.39, 0.29) is 12.4 Å². The second-order valence-corrected chi connectivity index (χ2v) is 8.05. The molecule has 0 aliphatic carbocycles. The zero-order chi connectivity index (χ0) is 26.6. The van der Waals surface area contributed by atoms with Crippen LogP contribution < -0.4 is 19.6 Å². The molecule has 0 saturated carbocycles. The van der Waals surface area contributed by atoms with E-state index in [1.807, 2.05) is 84.9 Å². The van der Waals surface area contributed by atoms with Crippen molar-refractivity contribution in [2.24, 2.45) is 5.10 Å². The molecule has 0 saturated heterocycles. The van der Waals surface area contributed by atoms with Crippen LogP contribution in [0.3, 0.4) is 0 Å². The molecule has 7 nitrogen and oxygen atoms in total. The van der Waals surface area contributed by atoms with E-state index in [1.54, 1.807) is 24.3 Å². The number of nitrogens with zero attached hydrogens (tertiary/aromatic N) is 1. The van der Waals surface area contributed by atoms with Crippen LogP contribution in [0.2, 0.25) is 0 Å². The Balaban J connectivity index is 1.26. The number of hydrazone groups is 1. The molecular formula is C31H26N2O5. The number of ether oxygens (including phenoxy) is 3. The summed E-state index contributed by atoms with van der Waals surface area (Å²) in [6.07, 6.45) is 4.47. The molecule has 38 heavy (non-hydrogen) atoms. The van der Waals surface area contributed by atoms with Gasteiger partial charge in [0.25, 0.3) is 5.91 Å². The lowest BCUT2D eigenvalue weighted by molar-refractivity contribution is -0.129. The summed E-state index contributed by atoms with van der Waals surface area (Å²) in [4.78, 5) is 24.3. The molecule has 4 aromatic rings. The third kappa shape index (κ3) is 7.66. The molecule has 190 valence electrons. The van der Waals surface area contributed by atoms with Gasteiger partial charge in [0.2, 0.25) is 0 Å². The fourth-order valence-electron chi connectivity index (χ4n) is 3.45. The quantitative estimate of drug-likeness (QED) is 0.101. The number of methoxy groups -OCH3 is 1. The topological polar surface area (TPSA) is 86.2 Å². The Morgan fingerprint density at radius 3 is 2.18 bits per heavy atom. The summed E-state index contributed by atoms with van der Waals surface area (Å²) >= 11 is 0. The Morgan fingerprint density at radius 2 is 1.47 bits per heavy atom. The summed E-state index contributed by atoms with van der Waals surface area (Å²) in [6, 6.07) is 31.9. The molecule has 0 bridgehead atoms. The largest absolute Gasteiger partial charge is 0.493 e. The first-order valence-electron chi connectivity index (χ1n) is 11.8. The van der Waals surface area contributed by atoms with Crippen molar-refractivity contribution >= 4 is 24.2 Å². The zero-order valence-corrected chi connectivity index (χ0v) is 20.7. The van der Waals surface area contributed by atoms with Crippen molar-refractivity contribution < 1.29 is 23.8 Å². The van der Waals surface area contributed by atoms with Crippen LogP contribution in [-0.4, -0.2) is 31.8 Å². The number of hydrogen-bond donors (Lipinski definition) is 1. The maximum atomic E-state index is 12.2. The number of nitrogens with one attached hydrogen (secondary N) is 1. The van der Waals surface area contributed by atoms with E-state index >= 15 is 0 Å². The molecule has 0 atom stereocenters. The highest BCUT2D eigenvalue weighted by molar-refractivity contribution is 5.89. The average Bonchev–Trinajstić information content (AvgIpc) is 2.97. The van der Waals surface area contributed by atoms with Crippen molar-refractivity contribution in [2.45, 2.75) is 0 Å². The molecule has 0 unspecified atom stereocenters. The molecule has 0 fully saturated rings. The van der Waals surface area contributed by atoms with Gasteiger partial charge in [0.1, 0.15) is 5.75 Å². The maximum absolute atomic E-state index is 12.2. The lowest BCUT2D eigenvalue weighted by Crippen LogP contribution is -2.24. The number of hydrogen-bond acceptors (Lipinski definition) is 6. The van der Waals surface area contributed by atoms with Crippen molar-refractivity contribution in [3.8, 4) is 28.4 Å².